The number of nitrogens with zero attached hydrogens (tertiary/aromatic N) is 3. The summed E-state index contributed by atoms with van der Waals surface area (Å²) in [5.74, 6) is -0.476. The molecule has 1 aliphatic rings. The monoisotopic (exact) mass is 210 g/mol. The number of amides is 1. The largest absolute Gasteiger partial charge is 0.311 e. The number of carbonyl (C=O) groups is 1. The van der Waals surface area contributed by atoms with Gasteiger partial charge in [0.25, 0.3) is 5.91 Å². The molecule has 0 bridgehead atoms. The van der Waals surface area contributed by atoms with Crippen molar-refractivity contribution in [1.82, 2.24) is 20.2 Å². The van der Waals surface area contributed by atoms with Gasteiger partial charge in [-0.25, -0.2) is 5.06 Å². The highest BCUT2D eigenvalue weighted by molar-refractivity contribution is 5.91. The minimum atomic E-state index is -0.476. The van der Waals surface area contributed by atoms with Crippen LogP contribution in [0.3, 0.4) is 0 Å². The second-order valence-corrected chi connectivity index (χ2v) is 3.60. The maximum atomic E-state index is 11.4. The van der Waals surface area contributed by atoms with Crippen molar-refractivity contribution in [3.05, 3.63) is 17.5 Å². The van der Waals surface area contributed by atoms with Crippen LogP contribution in [0, 0.1) is 0 Å². The van der Waals surface area contributed by atoms with Crippen molar-refractivity contribution < 1.29 is 10.0 Å². The van der Waals surface area contributed by atoms with Crippen LogP contribution >= 0.6 is 0 Å². The molecular formula is C9H14N4O2. The van der Waals surface area contributed by atoms with Gasteiger partial charge in [-0.15, -0.1) is 0 Å². The highest BCUT2D eigenvalue weighted by atomic mass is 16.5. The van der Waals surface area contributed by atoms with Gasteiger partial charge in [-0.3, -0.25) is 14.7 Å². The third-order valence-corrected chi connectivity index (χ3v) is 2.41. The summed E-state index contributed by atoms with van der Waals surface area (Å²) in [6.45, 7) is 2.49. The van der Waals surface area contributed by atoms with Gasteiger partial charge in [0.05, 0.1) is 5.69 Å². The molecule has 15 heavy (non-hydrogen) atoms. The molecule has 1 aromatic heterocycles. The van der Waals surface area contributed by atoms with E-state index in [9.17, 15) is 4.79 Å². The third kappa shape index (κ3) is 2.00. The van der Waals surface area contributed by atoms with Gasteiger partial charge < -0.3 is 5.32 Å². The Morgan fingerprint density at radius 2 is 2.53 bits per heavy atom. The number of hydrogen-bond acceptors (Lipinski definition) is 4. The Morgan fingerprint density at radius 1 is 1.73 bits per heavy atom. The number of carbonyl (C=O) groups excluding carboxylic acids is 1. The molecule has 0 atom stereocenters. The maximum Gasteiger partial charge on any atom is 0.297 e. The lowest BCUT2D eigenvalue weighted by molar-refractivity contribution is -0.0380. The number of fused-ring (bicyclic) bond motifs is 1. The molecule has 82 valence electrons. The molecule has 0 saturated heterocycles. The predicted octanol–water partition coefficient (Wildman–Crippen LogP) is -0.162. The van der Waals surface area contributed by atoms with Gasteiger partial charge in [-0.2, -0.15) is 5.10 Å². The van der Waals surface area contributed by atoms with Crippen LogP contribution in [0.1, 0.15) is 22.6 Å². The maximum absolute atomic E-state index is 11.4. The van der Waals surface area contributed by atoms with Crippen LogP contribution < -0.4 is 5.32 Å². The van der Waals surface area contributed by atoms with Gasteiger partial charge in [0.15, 0.2) is 5.69 Å². The summed E-state index contributed by atoms with van der Waals surface area (Å²) in [7, 11) is 1.30. The van der Waals surface area contributed by atoms with E-state index >= 15 is 0 Å². The molecule has 2 N–H and O–H groups in total. The van der Waals surface area contributed by atoms with E-state index in [0.29, 0.717) is 10.8 Å². The first-order valence-electron chi connectivity index (χ1n) is 4.93. The predicted molar refractivity (Wildman–Crippen MR) is 52.4 cm³/mol. The number of aryl methyl sites for hydroxylation is 1. The average molecular weight is 210 g/mol. The molecule has 1 aliphatic heterocycles. The molecule has 0 fully saturated rings. The van der Waals surface area contributed by atoms with Gasteiger partial charge in [0, 0.05) is 20.1 Å². The summed E-state index contributed by atoms with van der Waals surface area (Å²) in [4.78, 5) is 11.4. The number of nitrogens with one attached hydrogen (secondary N) is 1. The van der Waals surface area contributed by atoms with Gasteiger partial charge in [0.2, 0.25) is 0 Å². The molecule has 6 nitrogen and oxygen atoms in total. The Hall–Kier alpha value is -1.40. The van der Waals surface area contributed by atoms with Gasteiger partial charge in [0.1, 0.15) is 0 Å². The first-order chi connectivity index (χ1) is 7.18. The van der Waals surface area contributed by atoms with Crippen molar-refractivity contribution in [2.45, 2.75) is 19.5 Å². The van der Waals surface area contributed by atoms with Crippen LogP contribution in [0.4, 0.5) is 0 Å². The second kappa shape index (κ2) is 4.00. The molecule has 1 amide bonds. The number of hydroxylamine groups is 2. The SMILES string of the molecule is CN(O)C(=O)c1cc2n(n1)CCCNC2. The quantitative estimate of drug-likeness (QED) is 0.499. The van der Waals surface area contributed by atoms with Crippen LogP contribution in [-0.4, -0.2) is 39.6 Å². The molecule has 1 aromatic rings. The molecule has 6 heteroatoms. The van der Waals surface area contributed by atoms with Crippen LogP contribution in [-0.2, 0) is 13.1 Å². The Labute approximate surface area is 87.4 Å². The number of aromatic nitrogens is 2. The smallest absolute Gasteiger partial charge is 0.297 e. The molecule has 0 aliphatic carbocycles. The first kappa shape index (κ1) is 10.1. The zero-order valence-electron chi connectivity index (χ0n) is 8.60. The third-order valence-electron chi connectivity index (χ3n) is 2.41. The van der Waals surface area contributed by atoms with Crippen LogP contribution in [0.25, 0.3) is 0 Å². The Morgan fingerprint density at radius 3 is 3.27 bits per heavy atom. The van der Waals surface area contributed by atoms with Crippen LogP contribution in [0.15, 0.2) is 6.07 Å². The number of hydrogen-bond donors (Lipinski definition) is 2. The topological polar surface area (TPSA) is 70.4 Å². The molecule has 2 heterocycles. The van der Waals surface area contributed by atoms with E-state index in [1.165, 1.54) is 7.05 Å². The first-order valence-corrected chi connectivity index (χ1v) is 4.93. The summed E-state index contributed by atoms with van der Waals surface area (Å²) in [6, 6.07) is 1.72. The van der Waals surface area contributed by atoms with E-state index in [-0.39, 0.29) is 0 Å². The fourth-order valence-corrected chi connectivity index (χ4v) is 1.63. The van der Waals surface area contributed by atoms with Crippen LogP contribution in [0.2, 0.25) is 0 Å². The lowest BCUT2D eigenvalue weighted by Gasteiger charge is -2.04. The van der Waals surface area contributed by atoms with E-state index in [1.54, 1.807) is 6.07 Å². The lowest BCUT2D eigenvalue weighted by atomic mass is 10.3. The van der Waals surface area contributed by atoms with Crippen molar-refractivity contribution in [2.24, 2.45) is 0 Å². The van der Waals surface area contributed by atoms with Gasteiger partial charge in [-0.05, 0) is 19.0 Å². The fraction of sp³-hybridized carbons (Fsp3) is 0.556. The average Bonchev–Trinajstić information content (AvgIpc) is 2.49. The molecule has 0 aromatic carbocycles. The minimum Gasteiger partial charge on any atom is -0.311 e. The highest BCUT2D eigenvalue weighted by Crippen LogP contribution is 2.09. The Bertz CT molecular complexity index is 349. The van der Waals surface area contributed by atoms with Crippen molar-refractivity contribution in [2.75, 3.05) is 13.6 Å². The zero-order valence-corrected chi connectivity index (χ0v) is 8.60. The zero-order chi connectivity index (χ0) is 10.8. The summed E-state index contributed by atoms with van der Waals surface area (Å²) in [6.07, 6.45) is 0.997. The van der Waals surface area contributed by atoms with Gasteiger partial charge in [-0.1, -0.05) is 0 Å². The lowest BCUT2D eigenvalue weighted by Crippen LogP contribution is -2.23. The molecule has 0 spiro atoms. The molecule has 0 saturated carbocycles. The Balaban J connectivity index is 2.25. The second-order valence-electron chi connectivity index (χ2n) is 3.60. The van der Waals surface area contributed by atoms with Crippen LogP contribution in [0.5, 0.6) is 0 Å². The van der Waals surface area contributed by atoms with E-state index in [1.807, 2.05) is 4.68 Å². The number of rotatable bonds is 1. The summed E-state index contributed by atoms with van der Waals surface area (Å²) in [5, 5.41) is 17.0. The van der Waals surface area contributed by atoms with E-state index in [2.05, 4.69) is 10.4 Å². The highest BCUT2D eigenvalue weighted by Gasteiger charge is 2.17. The normalized spacial score (nSPS) is 15.6. The van der Waals surface area contributed by atoms with Gasteiger partial charge >= 0.3 is 0 Å². The molecular weight excluding hydrogens is 196 g/mol. The van der Waals surface area contributed by atoms with E-state index in [4.69, 9.17) is 5.21 Å². The van der Waals surface area contributed by atoms with E-state index in [0.717, 1.165) is 31.7 Å². The molecule has 0 unspecified atom stereocenters. The summed E-state index contributed by atoms with van der Waals surface area (Å²) >= 11 is 0. The summed E-state index contributed by atoms with van der Waals surface area (Å²) in [5.41, 5.74) is 1.27. The van der Waals surface area contributed by atoms with Crippen molar-refractivity contribution in [3.8, 4) is 0 Å². The van der Waals surface area contributed by atoms with E-state index < -0.39 is 5.91 Å². The summed E-state index contributed by atoms with van der Waals surface area (Å²) < 4.78 is 1.82. The Kier molecular flexibility index (Phi) is 2.70. The standard InChI is InChI=1S/C9H14N4O2/c1-12(15)9(14)8-5-7-6-10-3-2-4-13(7)11-8/h5,10,15H,2-4,6H2,1H3. The molecule has 0 radical (unpaired) electrons. The minimum absolute atomic E-state index is 0.290. The fourth-order valence-electron chi connectivity index (χ4n) is 1.63. The molecule has 2 rings (SSSR count). The van der Waals surface area contributed by atoms with Crippen molar-refractivity contribution in [1.29, 1.82) is 0 Å². The van der Waals surface area contributed by atoms with Crippen molar-refractivity contribution in [3.63, 3.8) is 0 Å². The van der Waals surface area contributed by atoms with Crippen molar-refractivity contribution >= 4 is 5.91 Å².